The van der Waals surface area contributed by atoms with Crippen LogP contribution in [-0.4, -0.2) is 54.3 Å². The summed E-state index contributed by atoms with van der Waals surface area (Å²) < 4.78 is 5.42. The van der Waals surface area contributed by atoms with Crippen LogP contribution < -0.4 is 5.32 Å². The second-order valence-corrected chi connectivity index (χ2v) is 8.58. The van der Waals surface area contributed by atoms with Crippen molar-refractivity contribution >= 4 is 57.8 Å². The van der Waals surface area contributed by atoms with Crippen LogP contribution in [-0.2, 0) is 11.3 Å². The second kappa shape index (κ2) is 11.3. The summed E-state index contributed by atoms with van der Waals surface area (Å²) in [5, 5.41) is 5.73. The maximum absolute atomic E-state index is 6.30. The average molecular weight is 473 g/mol. The Kier molecular flexibility index (Phi) is 8.85. The van der Waals surface area contributed by atoms with E-state index in [0.717, 1.165) is 62.1 Å². The molecule has 1 heterocycles. The number of halogens is 3. The molecule has 2 aromatic rings. The van der Waals surface area contributed by atoms with Crippen LogP contribution in [0.3, 0.4) is 0 Å². The van der Waals surface area contributed by atoms with Crippen molar-refractivity contribution in [1.29, 1.82) is 0 Å². The number of nitrogens with zero attached hydrogens (tertiary/aromatic N) is 2. The van der Waals surface area contributed by atoms with Gasteiger partial charge >= 0.3 is 0 Å². The Morgan fingerprint density at radius 2 is 1.83 bits per heavy atom. The minimum Gasteiger partial charge on any atom is -0.379 e. The third kappa shape index (κ3) is 7.28. The SMILES string of the molecule is S=C(Nc1ccc(Cl)cc1Cl)N(CCCN1CCOCC1)Cc1cccc(Cl)c1. The Bertz CT molecular complexity index is 831. The van der Waals surface area contributed by atoms with Crippen LogP contribution >= 0.6 is 47.0 Å². The van der Waals surface area contributed by atoms with Crippen LogP contribution in [0.5, 0.6) is 0 Å². The number of morpholine rings is 1. The van der Waals surface area contributed by atoms with Gasteiger partial charge in [-0.25, -0.2) is 0 Å². The van der Waals surface area contributed by atoms with Crippen molar-refractivity contribution in [3.05, 3.63) is 63.1 Å². The molecule has 0 amide bonds. The lowest BCUT2D eigenvalue weighted by atomic mass is 10.2. The molecule has 0 radical (unpaired) electrons. The fraction of sp³-hybridized carbons (Fsp3) is 0.381. The minimum atomic E-state index is 0.538. The minimum absolute atomic E-state index is 0.538. The van der Waals surface area contributed by atoms with Crippen molar-refractivity contribution in [3.8, 4) is 0 Å². The van der Waals surface area contributed by atoms with Crippen LogP contribution in [0.15, 0.2) is 42.5 Å². The number of nitrogens with one attached hydrogen (secondary N) is 1. The van der Waals surface area contributed by atoms with Gasteiger partial charge in [-0.05, 0) is 54.5 Å². The molecule has 2 aromatic carbocycles. The molecule has 0 unspecified atom stereocenters. The van der Waals surface area contributed by atoms with E-state index in [1.54, 1.807) is 12.1 Å². The number of benzene rings is 2. The fourth-order valence-electron chi connectivity index (χ4n) is 3.20. The molecule has 0 aliphatic carbocycles. The van der Waals surface area contributed by atoms with E-state index in [4.69, 9.17) is 51.8 Å². The van der Waals surface area contributed by atoms with Gasteiger partial charge in [-0.2, -0.15) is 0 Å². The van der Waals surface area contributed by atoms with Crippen molar-refractivity contribution < 1.29 is 4.74 Å². The van der Waals surface area contributed by atoms with Gasteiger partial charge in [0.25, 0.3) is 0 Å². The average Bonchev–Trinajstić information content (AvgIpc) is 2.70. The van der Waals surface area contributed by atoms with E-state index < -0.39 is 0 Å². The van der Waals surface area contributed by atoms with E-state index in [-0.39, 0.29) is 0 Å². The summed E-state index contributed by atoms with van der Waals surface area (Å²) >= 11 is 24.2. The lowest BCUT2D eigenvalue weighted by Gasteiger charge is -2.30. The zero-order valence-corrected chi connectivity index (χ0v) is 19.1. The van der Waals surface area contributed by atoms with Crippen LogP contribution in [0.2, 0.25) is 15.1 Å². The summed E-state index contributed by atoms with van der Waals surface area (Å²) in [6.07, 6.45) is 0.997. The number of rotatable bonds is 7. The summed E-state index contributed by atoms with van der Waals surface area (Å²) in [6.45, 7) is 6.08. The summed E-state index contributed by atoms with van der Waals surface area (Å²) in [4.78, 5) is 4.57. The molecule has 0 saturated carbocycles. The van der Waals surface area contributed by atoms with Crippen LogP contribution in [0.1, 0.15) is 12.0 Å². The van der Waals surface area contributed by atoms with Gasteiger partial charge in [-0.3, -0.25) is 4.90 Å². The highest BCUT2D eigenvalue weighted by Crippen LogP contribution is 2.26. The van der Waals surface area contributed by atoms with Crippen molar-refractivity contribution in [2.24, 2.45) is 0 Å². The van der Waals surface area contributed by atoms with E-state index in [0.29, 0.717) is 21.7 Å². The molecule has 8 heteroatoms. The maximum Gasteiger partial charge on any atom is 0.173 e. The largest absolute Gasteiger partial charge is 0.379 e. The van der Waals surface area contributed by atoms with Gasteiger partial charge in [0.05, 0.1) is 23.9 Å². The van der Waals surface area contributed by atoms with Gasteiger partial charge in [0, 0.05) is 42.8 Å². The Morgan fingerprint density at radius 1 is 1.07 bits per heavy atom. The van der Waals surface area contributed by atoms with E-state index in [1.165, 1.54) is 0 Å². The quantitative estimate of drug-likeness (QED) is 0.532. The fourth-order valence-corrected chi connectivity index (χ4v) is 4.14. The van der Waals surface area contributed by atoms with E-state index in [1.807, 2.05) is 24.3 Å². The normalized spacial score (nSPS) is 14.6. The molecule has 156 valence electrons. The van der Waals surface area contributed by atoms with Crippen LogP contribution in [0, 0.1) is 0 Å². The molecule has 1 N–H and O–H groups in total. The molecule has 1 aliphatic rings. The monoisotopic (exact) mass is 471 g/mol. The van der Waals surface area contributed by atoms with Gasteiger partial charge in [-0.1, -0.05) is 46.9 Å². The van der Waals surface area contributed by atoms with E-state index in [2.05, 4.69) is 21.2 Å². The molecule has 0 bridgehead atoms. The van der Waals surface area contributed by atoms with E-state index >= 15 is 0 Å². The Hall–Kier alpha value is -1.08. The third-order valence-electron chi connectivity index (χ3n) is 4.73. The second-order valence-electron chi connectivity index (χ2n) is 6.91. The molecule has 0 aromatic heterocycles. The molecule has 29 heavy (non-hydrogen) atoms. The van der Waals surface area contributed by atoms with Crippen molar-refractivity contribution in [2.45, 2.75) is 13.0 Å². The van der Waals surface area contributed by atoms with Crippen molar-refractivity contribution in [3.63, 3.8) is 0 Å². The first-order valence-electron chi connectivity index (χ1n) is 9.57. The molecule has 4 nitrogen and oxygen atoms in total. The summed E-state index contributed by atoms with van der Waals surface area (Å²) in [5.41, 5.74) is 1.85. The first-order chi connectivity index (χ1) is 14.0. The van der Waals surface area contributed by atoms with Gasteiger partial charge in [0.2, 0.25) is 0 Å². The van der Waals surface area contributed by atoms with E-state index in [9.17, 15) is 0 Å². The highest BCUT2D eigenvalue weighted by Gasteiger charge is 2.15. The van der Waals surface area contributed by atoms with Gasteiger partial charge in [0.15, 0.2) is 5.11 Å². The Balaban J connectivity index is 1.65. The smallest absolute Gasteiger partial charge is 0.173 e. The first-order valence-corrected chi connectivity index (χ1v) is 11.1. The predicted molar refractivity (Wildman–Crippen MR) is 126 cm³/mol. The standard InChI is InChI=1S/C21H24Cl3N3OS/c22-17-4-1-3-16(13-17)15-27(8-2-7-26-9-11-28-12-10-26)21(29)25-20-6-5-18(23)14-19(20)24/h1,3-6,13-14H,2,7-12,15H2,(H,25,29). The molecule has 3 rings (SSSR count). The molecule has 0 atom stereocenters. The molecule has 1 aliphatic heterocycles. The molecule has 0 spiro atoms. The summed E-state index contributed by atoms with van der Waals surface area (Å²) in [6, 6.07) is 13.2. The summed E-state index contributed by atoms with van der Waals surface area (Å²) in [5.74, 6) is 0. The highest BCUT2D eigenvalue weighted by atomic mass is 35.5. The highest BCUT2D eigenvalue weighted by molar-refractivity contribution is 7.80. The Labute approximate surface area is 192 Å². The number of hydrogen-bond acceptors (Lipinski definition) is 3. The zero-order chi connectivity index (χ0) is 20.6. The maximum atomic E-state index is 6.30. The number of hydrogen-bond donors (Lipinski definition) is 1. The topological polar surface area (TPSA) is 27.7 Å². The van der Waals surface area contributed by atoms with Crippen molar-refractivity contribution in [1.82, 2.24) is 9.80 Å². The molecular weight excluding hydrogens is 449 g/mol. The lowest BCUT2D eigenvalue weighted by molar-refractivity contribution is 0.0368. The third-order valence-corrected chi connectivity index (χ3v) is 5.87. The van der Waals surface area contributed by atoms with Crippen LogP contribution in [0.25, 0.3) is 0 Å². The van der Waals surface area contributed by atoms with Crippen molar-refractivity contribution in [2.75, 3.05) is 44.7 Å². The van der Waals surface area contributed by atoms with Gasteiger partial charge in [-0.15, -0.1) is 0 Å². The molecule has 1 saturated heterocycles. The molecule has 1 fully saturated rings. The Morgan fingerprint density at radius 3 is 2.55 bits per heavy atom. The zero-order valence-electron chi connectivity index (χ0n) is 16.0. The number of ether oxygens (including phenoxy) is 1. The van der Waals surface area contributed by atoms with Gasteiger partial charge < -0.3 is 15.0 Å². The number of thiocarbonyl (C=S) groups is 1. The first kappa shape index (κ1) is 22.6. The van der Waals surface area contributed by atoms with Crippen LogP contribution in [0.4, 0.5) is 5.69 Å². The lowest BCUT2D eigenvalue weighted by Crippen LogP contribution is -2.40. The predicted octanol–water partition coefficient (Wildman–Crippen LogP) is 5.57. The van der Waals surface area contributed by atoms with Gasteiger partial charge in [0.1, 0.15) is 0 Å². The number of anilines is 1. The molecular formula is C21H24Cl3N3OS. The summed E-state index contributed by atoms with van der Waals surface area (Å²) in [7, 11) is 0.